The third-order valence-corrected chi connectivity index (χ3v) is 1.45. The van der Waals surface area contributed by atoms with Crippen LogP contribution in [-0.2, 0) is 50.6 Å². The van der Waals surface area contributed by atoms with Crippen molar-refractivity contribution in [2.45, 2.75) is 13.1 Å². The van der Waals surface area contributed by atoms with Crippen LogP contribution in [-0.4, -0.2) is 6.29 Å². The Bertz CT molecular complexity index is 233. The van der Waals surface area contributed by atoms with Gasteiger partial charge in [0.2, 0.25) is 0 Å². The summed E-state index contributed by atoms with van der Waals surface area (Å²) in [6, 6.07) is 6.82. The van der Waals surface area contributed by atoms with E-state index in [1.165, 1.54) is 0 Å². The second-order valence-electron chi connectivity index (χ2n) is 2.27. The fraction of sp³-hybridized carbons (Fsp3) is 0.222. The van der Waals surface area contributed by atoms with Crippen LogP contribution in [0.2, 0.25) is 0 Å². The average Bonchev–Trinajstić information content (AvgIpc) is 2.07. The SMILES string of the molecule is O=[C-]Cc1ccc(C[18F])cc1.[Y]. The van der Waals surface area contributed by atoms with Crippen LogP contribution in [0, 0.1) is 0 Å². The molecule has 1 radical (unpaired) electrons. The molecule has 0 heterocycles. The van der Waals surface area contributed by atoms with Crippen molar-refractivity contribution in [3.8, 4) is 0 Å². The van der Waals surface area contributed by atoms with Gasteiger partial charge >= 0.3 is 0 Å². The van der Waals surface area contributed by atoms with E-state index in [1.807, 2.05) is 0 Å². The predicted molar refractivity (Wildman–Crippen MR) is 40.7 cm³/mol. The van der Waals surface area contributed by atoms with Crippen LogP contribution in [0.15, 0.2) is 24.3 Å². The number of halogens is 1. The number of carbonyl (C=O) groups excluding carboxylic acids is 1. The van der Waals surface area contributed by atoms with Gasteiger partial charge in [-0.05, 0) is 5.56 Å². The molecule has 0 unspecified atom stereocenters. The number of hydrogen-bond acceptors (Lipinski definition) is 1. The van der Waals surface area contributed by atoms with E-state index in [2.05, 4.69) is 0 Å². The van der Waals surface area contributed by atoms with Gasteiger partial charge in [-0.2, -0.15) is 0 Å². The van der Waals surface area contributed by atoms with Gasteiger partial charge < -0.3 is 4.79 Å². The maximum atomic E-state index is 12.0. The molecule has 0 N–H and O–H groups in total. The van der Waals surface area contributed by atoms with Gasteiger partial charge in [0, 0.05) is 32.7 Å². The topological polar surface area (TPSA) is 17.1 Å². The molecule has 0 aliphatic rings. The van der Waals surface area contributed by atoms with E-state index in [9.17, 15) is 9.18 Å². The molecule has 12 heavy (non-hydrogen) atoms. The number of hydrogen-bond donors (Lipinski definition) is 0. The molecule has 0 bridgehead atoms. The van der Waals surface area contributed by atoms with Gasteiger partial charge in [-0.1, -0.05) is 29.8 Å². The Morgan fingerprint density at radius 2 is 1.67 bits per heavy atom. The molecular weight excluding hydrogens is 231 g/mol. The molecule has 1 aromatic rings. The zero-order chi connectivity index (χ0) is 8.10. The number of alkyl halides is 1. The van der Waals surface area contributed by atoms with Gasteiger partial charge in [0.25, 0.3) is 0 Å². The summed E-state index contributed by atoms with van der Waals surface area (Å²) < 4.78 is 12.0. The summed E-state index contributed by atoms with van der Waals surface area (Å²) in [5.41, 5.74) is 1.51. The van der Waals surface area contributed by atoms with Gasteiger partial charge in [-0.15, -0.1) is 6.42 Å². The normalized spacial score (nSPS) is 8.75. The van der Waals surface area contributed by atoms with Crippen LogP contribution in [0.3, 0.4) is 0 Å². The van der Waals surface area contributed by atoms with Crippen molar-refractivity contribution >= 4 is 6.29 Å². The van der Waals surface area contributed by atoms with E-state index < -0.39 is 6.67 Å². The molecule has 0 aliphatic carbocycles. The van der Waals surface area contributed by atoms with Gasteiger partial charge in [0.1, 0.15) is 6.67 Å². The van der Waals surface area contributed by atoms with Gasteiger partial charge in [0.15, 0.2) is 0 Å². The summed E-state index contributed by atoms with van der Waals surface area (Å²) >= 11 is 0. The Morgan fingerprint density at radius 3 is 2.08 bits per heavy atom. The zero-order valence-electron chi connectivity index (χ0n) is 6.59. The van der Waals surface area contributed by atoms with E-state index in [0.717, 1.165) is 5.56 Å². The molecule has 0 saturated heterocycles. The molecule has 1 aromatic carbocycles. The summed E-state index contributed by atoms with van der Waals surface area (Å²) in [4.78, 5) is 9.93. The van der Waals surface area contributed by atoms with Crippen LogP contribution >= 0.6 is 0 Å². The van der Waals surface area contributed by atoms with Gasteiger partial charge in [-0.25, -0.2) is 4.39 Å². The molecule has 0 aliphatic heterocycles. The quantitative estimate of drug-likeness (QED) is 0.735. The Morgan fingerprint density at radius 1 is 1.17 bits per heavy atom. The minimum Gasteiger partial charge on any atom is -0.541 e. The van der Waals surface area contributed by atoms with Crippen LogP contribution in [0.5, 0.6) is 0 Å². The number of rotatable bonds is 3. The Balaban J connectivity index is 0.00000121. The van der Waals surface area contributed by atoms with Crippen LogP contribution in [0.4, 0.5) is 4.39 Å². The summed E-state index contributed by atoms with van der Waals surface area (Å²) in [6.45, 7) is -0.453. The fourth-order valence-electron chi connectivity index (χ4n) is 0.830. The molecule has 3 heteroatoms. The molecular formula is C9H8FOY-. The summed E-state index contributed by atoms with van der Waals surface area (Å²) in [7, 11) is 0. The summed E-state index contributed by atoms with van der Waals surface area (Å²) in [6.07, 6.45) is 2.06. The van der Waals surface area contributed by atoms with Gasteiger partial charge in [-0.3, -0.25) is 6.29 Å². The van der Waals surface area contributed by atoms with Gasteiger partial charge in [0.05, 0.1) is 0 Å². The van der Waals surface area contributed by atoms with E-state index in [1.54, 1.807) is 30.6 Å². The van der Waals surface area contributed by atoms with E-state index >= 15 is 0 Å². The number of benzene rings is 1. The van der Waals surface area contributed by atoms with Crippen molar-refractivity contribution in [3.05, 3.63) is 35.4 Å². The predicted octanol–water partition coefficient (Wildman–Crippen LogP) is 1.81. The summed E-state index contributed by atoms with van der Waals surface area (Å²) in [5, 5.41) is 0. The van der Waals surface area contributed by atoms with Crippen molar-refractivity contribution in [1.82, 2.24) is 0 Å². The molecule has 0 aromatic heterocycles. The molecule has 0 atom stereocenters. The molecule has 1 nitrogen and oxygen atoms in total. The second kappa shape index (κ2) is 6.44. The van der Waals surface area contributed by atoms with Crippen molar-refractivity contribution in [3.63, 3.8) is 0 Å². The maximum Gasteiger partial charge on any atom is 0.115 e. The molecule has 1 rings (SSSR count). The Hall–Kier alpha value is -0.0761. The first-order valence-corrected chi connectivity index (χ1v) is 3.35. The minimum atomic E-state index is -0.453. The van der Waals surface area contributed by atoms with E-state index in [4.69, 9.17) is 0 Å². The first-order valence-electron chi connectivity index (χ1n) is 3.35. The monoisotopic (exact) mass is 239 g/mol. The fourth-order valence-corrected chi connectivity index (χ4v) is 0.830. The molecule has 61 valence electrons. The zero-order valence-corrected chi connectivity index (χ0v) is 9.43. The Kier molecular flexibility index (Phi) is 6.40. The molecule has 0 saturated carbocycles. The van der Waals surface area contributed by atoms with E-state index in [0.29, 0.717) is 5.56 Å². The van der Waals surface area contributed by atoms with Crippen LogP contribution in [0.1, 0.15) is 11.1 Å². The molecule has 0 spiro atoms. The average molecular weight is 239 g/mol. The third-order valence-electron chi connectivity index (χ3n) is 1.45. The second-order valence-corrected chi connectivity index (χ2v) is 2.27. The maximum absolute atomic E-state index is 12.0. The smallest absolute Gasteiger partial charge is 0.115 e. The third kappa shape index (κ3) is 3.55. The van der Waals surface area contributed by atoms with Crippen molar-refractivity contribution in [2.75, 3.05) is 0 Å². The minimum absolute atomic E-state index is 0. The van der Waals surface area contributed by atoms with Crippen LogP contribution < -0.4 is 0 Å². The van der Waals surface area contributed by atoms with Crippen molar-refractivity contribution < 1.29 is 41.9 Å². The Labute approximate surface area is 96.2 Å². The van der Waals surface area contributed by atoms with E-state index in [-0.39, 0.29) is 39.1 Å². The van der Waals surface area contributed by atoms with Crippen LogP contribution in [0.25, 0.3) is 0 Å². The first-order chi connectivity index (χ1) is 5.36. The molecule has 0 fully saturated rings. The standard InChI is InChI=1S/C9H8FO.Y/c10-7-9-3-1-8(2-4-9)5-6-11;/h1-4H,5,7H2;/q-1;/i10-1;. The van der Waals surface area contributed by atoms with Crippen molar-refractivity contribution in [1.29, 1.82) is 0 Å². The summed E-state index contributed by atoms with van der Waals surface area (Å²) in [5.74, 6) is 0. The van der Waals surface area contributed by atoms with Crippen molar-refractivity contribution in [2.24, 2.45) is 0 Å². The molecule has 0 amide bonds. The largest absolute Gasteiger partial charge is 0.541 e. The first kappa shape index (κ1) is 11.9.